The highest BCUT2D eigenvalue weighted by molar-refractivity contribution is 5.80. The van der Waals surface area contributed by atoms with Gasteiger partial charge >= 0.3 is 5.97 Å². The fourth-order valence-electron chi connectivity index (χ4n) is 2.26. The maximum absolute atomic E-state index is 11.5. The zero-order valence-corrected chi connectivity index (χ0v) is 11.2. The van der Waals surface area contributed by atoms with Gasteiger partial charge < -0.3 is 15.2 Å². The highest BCUT2D eigenvalue weighted by Gasteiger charge is 2.31. The fraction of sp³-hybridized carbons (Fsp3) is 0.846. The maximum Gasteiger partial charge on any atom is 0.303 e. The van der Waals surface area contributed by atoms with E-state index >= 15 is 0 Å². The first-order valence-corrected chi connectivity index (χ1v) is 6.48. The van der Waals surface area contributed by atoms with E-state index in [9.17, 15) is 9.59 Å². The summed E-state index contributed by atoms with van der Waals surface area (Å²) in [6.07, 6.45) is 2.00. The van der Waals surface area contributed by atoms with E-state index in [2.05, 4.69) is 19.2 Å². The van der Waals surface area contributed by atoms with Crippen LogP contribution in [0.25, 0.3) is 0 Å². The lowest BCUT2D eigenvalue weighted by atomic mass is 9.74. The quantitative estimate of drug-likeness (QED) is 0.754. The summed E-state index contributed by atoms with van der Waals surface area (Å²) in [6, 6.07) is 0. The number of aliphatic carboxylic acids is 1. The normalized spacial score (nSPS) is 17.4. The molecular weight excluding hydrogens is 234 g/mol. The smallest absolute Gasteiger partial charge is 0.303 e. The SMILES string of the molecule is CC(C)(CNC(=O)CCC(=O)O)C1CCOCC1. The Labute approximate surface area is 108 Å². The first-order valence-electron chi connectivity index (χ1n) is 6.48. The van der Waals surface area contributed by atoms with Gasteiger partial charge in [-0.25, -0.2) is 0 Å². The Morgan fingerprint density at radius 1 is 1.28 bits per heavy atom. The number of carboxylic acids is 1. The molecule has 1 amide bonds. The molecule has 0 radical (unpaired) electrons. The molecule has 1 saturated heterocycles. The van der Waals surface area contributed by atoms with E-state index in [0.29, 0.717) is 12.5 Å². The molecule has 1 heterocycles. The minimum Gasteiger partial charge on any atom is -0.481 e. The summed E-state index contributed by atoms with van der Waals surface area (Å²) in [6.45, 7) is 6.46. The molecule has 18 heavy (non-hydrogen) atoms. The highest BCUT2D eigenvalue weighted by Crippen LogP contribution is 2.33. The fourth-order valence-corrected chi connectivity index (χ4v) is 2.26. The summed E-state index contributed by atoms with van der Waals surface area (Å²) < 4.78 is 5.33. The summed E-state index contributed by atoms with van der Waals surface area (Å²) in [5, 5.41) is 11.3. The summed E-state index contributed by atoms with van der Waals surface area (Å²) in [4.78, 5) is 21.8. The Morgan fingerprint density at radius 2 is 1.89 bits per heavy atom. The summed E-state index contributed by atoms with van der Waals surface area (Å²) in [7, 11) is 0. The van der Waals surface area contributed by atoms with Gasteiger partial charge in [0, 0.05) is 26.2 Å². The largest absolute Gasteiger partial charge is 0.481 e. The lowest BCUT2D eigenvalue weighted by Gasteiger charge is -2.37. The van der Waals surface area contributed by atoms with Gasteiger partial charge in [-0.15, -0.1) is 0 Å². The molecule has 1 rings (SSSR count). The third-order valence-electron chi connectivity index (χ3n) is 3.63. The van der Waals surface area contributed by atoms with Gasteiger partial charge in [0.25, 0.3) is 0 Å². The number of rotatable bonds is 6. The van der Waals surface area contributed by atoms with Gasteiger partial charge in [-0.1, -0.05) is 13.8 Å². The summed E-state index contributed by atoms with van der Waals surface area (Å²) in [5.74, 6) is -0.572. The van der Waals surface area contributed by atoms with Crippen molar-refractivity contribution in [3.63, 3.8) is 0 Å². The predicted octanol–water partition coefficient (Wildman–Crippen LogP) is 1.42. The Balaban J connectivity index is 2.31. The minimum absolute atomic E-state index is 0.0304. The van der Waals surface area contributed by atoms with E-state index in [1.54, 1.807) is 0 Å². The van der Waals surface area contributed by atoms with Gasteiger partial charge in [0.2, 0.25) is 5.91 Å². The van der Waals surface area contributed by atoms with Crippen molar-refractivity contribution in [1.82, 2.24) is 5.32 Å². The molecule has 1 fully saturated rings. The summed E-state index contributed by atoms with van der Waals surface area (Å²) in [5.41, 5.74) is 0.0304. The maximum atomic E-state index is 11.5. The van der Waals surface area contributed by atoms with E-state index < -0.39 is 5.97 Å². The molecule has 5 heteroatoms. The second-order valence-electron chi connectivity index (χ2n) is 5.55. The van der Waals surface area contributed by atoms with Crippen molar-refractivity contribution in [2.24, 2.45) is 11.3 Å². The zero-order chi connectivity index (χ0) is 13.6. The Morgan fingerprint density at radius 3 is 2.44 bits per heavy atom. The monoisotopic (exact) mass is 257 g/mol. The molecule has 0 saturated carbocycles. The molecule has 0 bridgehead atoms. The molecule has 0 aliphatic carbocycles. The average molecular weight is 257 g/mol. The number of nitrogens with one attached hydrogen (secondary N) is 1. The van der Waals surface area contributed by atoms with Crippen molar-refractivity contribution in [1.29, 1.82) is 0 Å². The minimum atomic E-state index is -0.936. The number of amides is 1. The topological polar surface area (TPSA) is 75.6 Å². The number of carboxylic acid groups (broad SMARTS) is 1. The first-order chi connectivity index (χ1) is 8.42. The standard InChI is InChI=1S/C13H23NO4/c1-13(2,10-5-7-18-8-6-10)9-14-11(15)3-4-12(16)17/h10H,3-9H2,1-2H3,(H,14,15)(H,16,17). The number of hydrogen-bond acceptors (Lipinski definition) is 3. The molecule has 104 valence electrons. The van der Waals surface area contributed by atoms with Crippen LogP contribution in [-0.4, -0.2) is 36.7 Å². The van der Waals surface area contributed by atoms with Crippen molar-refractivity contribution < 1.29 is 19.4 Å². The van der Waals surface area contributed by atoms with Crippen LogP contribution in [-0.2, 0) is 14.3 Å². The molecule has 0 unspecified atom stereocenters. The van der Waals surface area contributed by atoms with Gasteiger partial charge in [-0.05, 0) is 24.2 Å². The molecule has 0 aromatic heterocycles. The van der Waals surface area contributed by atoms with E-state index in [1.165, 1.54) is 0 Å². The lowest BCUT2D eigenvalue weighted by molar-refractivity contribution is -0.138. The second-order valence-corrected chi connectivity index (χ2v) is 5.55. The summed E-state index contributed by atoms with van der Waals surface area (Å²) >= 11 is 0. The van der Waals surface area contributed by atoms with Gasteiger partial charge in [-0.3, -0.25) is 9.59 Å². The van der Waals surface area contributed by atoms with Crippen LogP contribution in [0.3, 0.4) is 0 Å². The van der Waals surface area contributed by atoms with E-state index in [1.807, 2.05) is 0 Å². The van der Waals surface area contributed by atoms with Crippen molar-refractivity contribution >= 4 is 11.9 Å². The molecule has 0 aromatic carbocycles. The number of carbonyl (C=O) groups excluding carboxylic acids is 1. The third-order valence-corrected chi connectivity index (χ3v) is 3.63. The number of carbonyl (C=O) groups is 2. The Bertz CT molecular complexity index is 295. The van der Waals surface area contributed by atoms with Crippen LogP contribution in [0.1, 0.15) is 39.5 Å². The van der Waals surface area contributed by atoms with Gasteiger partial charge in [0.05, 0.1) is 6.42 Å². The van der Waals surface area contributed by atoms with Gasteiger partial charge in [-0.2, -0.15) is 0 Å². The van der Waals surface area contributed by atoms with Gasteiger partial charge in [0.1, 0.15) is 0 Å². The van der Waals surface area contributed by atoms with Crippen molar-refractivity contribution in [2.45, 2.75) is 39.5 Å². The third kappa shape index (κ3) is 5.04. The number of ether oxygens (including phenoxy) is 1. The van der Waals surface area contributed by atoms with Crippen LogP contribution in [0.15, 0.2) is 0 Å². The number of hydrogen-bond donors (Lipinski definition) is 2. The molecule has 1 aliphatic rings. The molecular formula is C13H23NO4. The van der Waals surface area contributed by atoms with Crippen LogP contribution >= 0.6 is 0 Å². The van der Waals surface area contributed by atoms with Crippen molar-refractivity contribution in [3.8, 4) is 0 Å². The van der Waals surface area contributed by atoms with E-state index in [4.69, 9.17) is 9.84 Å². The zero-order valence-electron chi connectivity index (χ0n) is 11.2. The molecule has 5 nitrogen and oxygen atoms in total. The molecule has 0 atom stereocenters. The molecule has 0 aromatic rings. The van der Waals surface area contributed by atoms with Gasteiger partial charge in [0.15, 0.2) is 0 Å². The van der Waals surface area contributed by atoms with Crippen LogP contribution < -0.4 is 5.32 Å². The second kappa shape index (κ2) is 6.73. The molecule has 2 N–H and O–H groups in total. The lowest BCUT2D eigenvalue weighted by Crippen LogP contribution is -2.40. The van der Waals surface area contributed by atoms with Crippen molar-refractivity contribution in [2.75, 3.05) is 19.8 Å². The Hall–Kier alpha value is -1.10. The first kappa shape index (κ1) is 15.0. The molecule has 1 aliphatic heterocycles. The predicted molar refractivity (Wildman–Crippen MR) is 67.2 cm³/mol. The highest BCUT2D eigenvalue weighted by atomic mass is 16.5. The average Bonchev–Trinajstić information content (AvgIpc) is 2.35. The van der Waals surface area contributed by atoms with Crippen LogP contribution in [0, 0.1) is 11.3 Å². The van der Waals surface area contributed by atoms with E-state index in [-0.39, 0.29) is 24.2 Å². The van der Waals surface area contributed by atoms with Crippen LogP contribution in [0.4, 0.5) is 0 Å². The van der Waals surface area contributed by atoms with Crippen LogP contribution in [0.5, 0.6) is 0 Å². The Kier molecular flexibility index (Phi) is 5.59. The van der Waals surface area contributed by atoms with Crippen molar-refractivity contribution in [3.05, 3.63) is 0 Å². The van der Waals surface area contributed by atoms with Crippen LogP contribution in [0.2, 0.25) is 0 Å². The molecule has 0 spiro atoms. The van der Waals surface area contributed by atoms with E-state index in [0.717, 1.165) is 26.1 Å².